The van der Waals surface area contributed by atoms with Gasteiger partial charge in [0.25, 0.3) is 5.91 Å². The number of aromatic nitrogens is 1. The highest BCUT2D eigenvalue weighted by molar-refractivity contribution is 8.01. The van der Waals surface area contributed by atoms with Gasteiger partial charge in [-0.15, -0.1) is 23.5 Å². The lowest BCUT2D eigenvalue weighted by molar-refractivity contribution is 0.102. The van der Waals surface area contributed by atoms with Crippen LogP contribution in [0.4, 0.5) is 5.69 Å². The molecule has 18 heavy (non-hydrogen) atoms. The van der Waals surface area contributed by atoms with Crippen LogP contribution < -0.4 is 5.32 Å². The Balaban J connectivity index is 2.26. The number of nitrogens with zero attached hydrogens (tertiary/aromatic N) is 1. The number of hydrogen-bond acceptors (Lipinski definition) is 5. The van der Waals surface area contributed by atoms with E-state index < -0.39 is 0 Å². The molecule has 1 heterocycles. The van der Waals surface area contributed by atoms with Crippen molar-refractivity contribution in [3.8, 4) is 0 Å². The molecule has 0 aliphatic heterocycles. The van der Waals surface area contributed by atoms with E-state index in [0.29, 0.717) is 5.56 Å². The molecule has 0 aliphatic carbocycles. The minimum absolute atomic E-state index is 0.0938. The Morgan fingerprint density at radius 3 is 2.56 bits per heavy atom. The molecule has 1 aromatic heterocycles. The number of nitrogens with one attached hydrogen (secondary N) is 1. The lowest BCUT2D eigenvalue weighted by Gasteiger charge is -2.05. The zero-order chi connectivity index (χ0) is 13.0. The first-order valence-electron chi connectivity index (χ1n) is 5.20. The normalized spacial score (nSPS) is 10.3. The highest BCUT2D eigenvalue weighted by atomic mass is 32.2. The third kappa shape index (κ3) is 2.88. The maximum absolute atomic E-state index is 12.3. The zero-order valence-electron chi connectivity index (χ0n) is 9.97. The molecule has 0 spiro atoms. The van der Waals surface area contributed by atoms with E-state index in [1.54, 1.807) is 11.8 Å². The molecule has 1 amide bonds. The van der Waals surface area contributed by atoms with Crippen LogP contribution in [0.2, 0.25) is 0 Å². The molecule has 2 aromatic rings. The van der Waals surface area contributed by atoms with Gasteiger partial charge >= 0.3 is 0 Å². The summed E-state index contributed by atoms with van der Waals surface area (Å²) >= 11 is 4.42. The Morgan fingerprint density at radius 2 is 1.94 bits per heavy atom. The van der Waals surface area contributed by atoms with Crippen LogP contribution in [0, 0.1) is 0 Å². The topological polar surface area (TPSA) is 42.0 Å². The highest BCUT2D eigenvalue weighted by Crippen LogP contribution is 2.33. The molecule has 0 saturated heterocycles. The van der Waals surface area contributed by atoms with Crippen molar-refractivity contribution in [2.24, 2.45) is 0 Å². The monoisotopic (exact) mass is 296 g/mol. The SMILES string of the molecule is CSc1nsc(SC)c1C(=O)Nc1ccccc1. The molecule has 0 radical (unpaired) electrons. The second-order valence-electron chi connectivity index (χ2n) is 3.38. The fourth-order valence-electron chi connectivity index (χ4n) is 1.45. The summed E-state index contributed by atoms with van der Waals surface area (Å²) in [5.41, 5.74) is 1.48. The summed E-state index contributed by atoms with van der Waals surface area (Å²) in [6.45, 7) is 0. The largest absolute Gasteiger partial charge is 0.322 e. The number of carbonyl (C=O) groups excluding carboxylic acids is 1. The lowest BCUT2D eigenvalue weighted by Crippen LogP contribution is -2.12. The first kappa shape index (κ1) is 13.5. The molecule has 94 valence electrons. The average molecular weight is 296 g/mol. The maximum Gasteiger partial charge on any atom is 0.260 e. The Labute approximate surface area is 119 Å². The summed E-state index contributed by atoms with van der Waals surface area (Å²) < 4.78 is 5.24. The van der Waals surface area contributed by atoms with Gasteiger partial charge in [-0.05, 0) is 36.2 Å². The van der Waals surface area contributed by atoms with Crippen LogP contribution in [0.1, 0.15) is 10.4 Å². The number of rotatable bonds is 4. The number of amides is 1. The van der Waals surface area contributed by atoms with Crippen molar-refractivity contribution in [2.75, 3.05) is 17.8 Å². The van der Waals surface area contributed by atoms with Gasteiger partial charge in [-0.1, -0.05) is 18.2 Å². The number of benzene rings is 1. The number of anilines is 1. The third-order valence-electron chi connectivity index (χ3n) is 2.27. The van der Waals surface area contributed by atoms with E-state index in [9.17, 15) is 4.79 Å². The predicted octanol–water partition coefficient (Wildman–Crippen LogP) is 3.84. The van der Waals surface area contributed by atoms with Gasteiger partial charge < -0.3 is 5.32 Å². The van der Waals surface area contributed by atoms with Crippen LogP contribution in [0.15, 0.2) is 39.6 Å². The van der Waals surface area contributed by atoms with Gasteiger partial charge in [0.2, 0.25) is 0 Å². The molecular formula is C12H12N2OS3. The number of carbonyl (C=O) groups is 1. The molecule has 2 rings (SSSR count). The summed E-state index contributed by atoms with van der Waals surface area (Å²) in [7, 11) is 0. The van der Waals surface area contributed by atoms with Gasteiger partial charge in [0, 0.05) is 5.69 Å². The summed E-state index contributed by atoms with van der Waals surface area (Å²) in [5, 5.41) is 3.68. The zero-order valence-corrected chi connectivity index (χ0v) is 12.4. The van der Waals surface area contributed by atoms with E-state index in [-0.39, 0.29) is 5.91 Å². The predicted molar refractivity (Wildman–Crippen MR) is 80.1 cm³/mol. The van der Waals surface area contributed by atoms with E-state index >= 15 is 0 Å². The van der Waals surface area contributed by atoms with Crippen LogP contribution in [0.25, 0.3) is 0 Å². The number of para-hydroxylation sites is 1. The van der Waals surface area contributed by atoms with E-state index in [4.69, 9.17) is 0 Å². The Morgan fingerprint density at radius 1 is 1.22 bits per heavy atom. The Kier molecular flexibility index (Phi) is 4.68. The molecule has 0 aliphatic rings. The van der Waals surface area contributed by atoms with Crippen molar-refractivity contribution in [1.82, 2.24) is 4.37 Å². The Hall–Kier alpha value is -0.980. The minimum Gasteiger partial charge on any atom is -0.322 e. The van der Waals surface area contributed by atoms with Crippen LogP contribution in [-0.4, -0.2) is 22.8 Å². The van der Waals surface area contributed by atoms with Crippen molar-refractivity contribution in [3.05, 3.63) is 35.9 Å². The van der Waals surface area contributed by atoms with Gasteiger partial charge in [0.15, 0.2) is 0 Å². The lowest BCUT2D eigenvalue weighted by atomic mass is 10.3. The first-order chi connectivity index (χ1) is 8.76. The molecule has 0 saturated carbocycles. The number of thioether (sulfide) groups is 2. The van der Waals surface area contributed by atoms with Gasteiger partial charge in [-0.2, -0.15) is 4.37 Å². The van der Waals surface area contributed by atoms with Crippen LogP contribution >= 0.6 is 35.1 Å². The van der Waals surface area contributed by atoms with Crippen molar-refractivity contribution in [3.63, 3.8) is 0 Å². The highest BCUT2D eigenvalue weighted by Gasteiger charge is 2.19. The molecular weight excluding hydrogens is 284 g/mol. The summed E-state index contributed by atoms with van der Waals surface area (Å²) in [4.78, 5) is 12.3. The molecule has 0 unspecified atom stereocenters. The maximum atomic E-state index is 12.3. The third-order valence-corrected chi connectivity index (χ3v) is 5.01. The fourth-order valence-corrected chi connectivity index (χ4v) is 3.72. The van der Waals surface area contributed by atoms with Crippen molar-refractivity contribution < 1.29 is 4.79 Å². The fraction of sp³-hybridized carbons (Fsp3) is 0.167. The second kappa shape index (κ2) is 6.26. The van der Waals surface area contributed by atoms with E-state index in [1.165, 1.54) is 23.3 Å². The second-order valence-corrected chi connectivity index (χ2v) is 6.02. The standard InChI is InChI=1S/C12H12N2OS3/c1-16-11-9(12(17-2)18-14-11)10(15)13-8-6-4-3-5-7-8/h3-7H,1-2H3,(H,13,15). The van der Waals surface area contributed by atoms with Gasteiger partial charge in [-0.3, -0.25) is 4.79 Å². The molecule has 3 nitrogen and oxygen atoms in total. The van der Waals surface area contributed by atoms with E-state index in [2.05, 4.69) is 9.69 Å². The van der Waals surface area contributed by atoms with E-state index in [1.807, 2.05) is 42.8 Å². The molecule has 1 N–H and O–H groups in total. The van der Waals surface area contributed by atoms with Crippen LogP contribution in [0.5, 0.6) is 0 Å². The van der Waals surface area contributed by atoms with Crippen molar-refractivity contribution in [1.29, 1.82) is 0 Å². The quantitative estimate of drug-likeness (QED) is 0.870. The molecule has 1 aromatic carbocycles. The van der Waals surface area contributed by atoms with E-state index in [0.717, 1.165) is 14.9 Å². The minimum atomic E-state index is -0.0938. The van der Waals surface area contributed by atoms with Gasteiger partial charge in [0.05, 0.1) is 9.77 Å². The van der Waals surface area contributed by atoms with Crippen molar-refractivity contribution >= 4 is 46.7 Å². The van der Waals surface area contributed by atoms with Crippen LogP contribution in [0.3, 0.4) is 0 Å². The first-order valence-corrected chi connectivity index (χ1v) is 8.42. The average Bonchev–Trinajstić information content (AvgIpc) is 2.82. The van der Waals surface area contributed by atoms with Gasteiger partial charge in [-0.25, -0.2) is 0 Å². The van der Waals surface area contributed by atoms with Gasteiger partial charge in [0.1, 0.15) is 5.03 Å². The summed E-state index contributed by atoms with van der Waals surface area (Å²) in [5.74, 6) is -0.0938. The summed E-state index contributed by atoms with van der Waals surface area (Å²) in [6.07, 6.45) is 3.88. The molecule has 0 bridgehead atoms. The molecule has 0 atom stereocenters. The number of hydrogen-bond donors (Lipinski definition) is 1. The summed E-state index contributed by atoms with van der Waals surface area (Å²) in [6, 6.07) is 9.45. The molecule has 0 fully saturated rings. The Bertz CT molecular complexity index is 518. The smallest absolute Gasteiger partial charge is 0.260 e. The van der Waals surface area contributed by atoms with Crippen LogP contribution in [-0.2, 0) is 0 Å². The molecule has 6 heteroatoms. The van der Waals surface area contributed by atoms with Crippen molar-refractivity contribution in [2.45, 2.75) is 9.24 Å².